The number of aryl methyl sites for hydroxylation is 1. The van der Waals surface area contributed by atoms with Gasteiger partial charge in [-0.3, -0.25) is 9.47 Å². The average molecular weight is 323 g/mol. The molecule has 0 bridgehead atoms. The minimum atomic E-state index is -0.368. The van der Waals surface area contributed by atoms with E-state index >= 15 is 0 Å². The smallest absolute Gasteiger partial charge is 0.377 e. The monoisotopic (exact) mass is 323 g/mol. The Morgan fingerprint density at radius 3 is 2.65 bits per heavy atom. The standard InChI is InChI=1S/C15H25N5O3/c1-3-19-12(2)16-14(20(21)22)15(19)18-8-6-17(7-9-18)11-13-5-4-10-23-13/h13H,3-11H2,1-2H3. The van der Waals surface area contributed by atoms with Crippen LogP contribution in [0.2, 0.25) is 0 Å². The molecule has 23 heavy (non-hydrogen) atoms. The van der Waals surface area contributed by atoms with Crippen molar-refractivity contribution in [2.75, 3.05) is 44.2 Å². The van der Waals surface area contributed by atoms with Gasteiger partial charge in [0.05, 0.1) is 6.10 Å². The van der Waals surface area contributed by atoms with Gasteiger partial charge in [0.15, 0.2) is 0 Å². The first-order valence-electron chi connectivity index (χ1n) is 8.40. The van der Waals surface area contributed by atoms with Crippen LogP contribution in [0.3, 0.4) is 0 Å². The molecule has 3 heterocycles. The van der Waals surface area contributed by atoms with Crippen LogP contribution in [0.5, 0.6) is 0 Å². The van der Waals surface area contributed by atoms with E-state index < -0.39 is 0 Å². The molecule has 0 saturated carbocycles. The molecule has 2 aliphatic rings. The molecule has 1 aromatic rings. The van der Waals surface area contributed by atoms with Gasteiger partial charge in [0, 0.05) is 52.8 Å². The number of hydrogen-bond donors (Lipinski definition) is 0. The molecule has 0 aliphatic carbocycles. The van der Waals surface area contributed by atoms with E-state index in [1.165, 1.54) is 0 Å². The number of hydrogen-bond acceptors (Lipinski definition) is 6. The van der Waals surface area contributed by atoms with Crippen molar-refractivity contribution < 1.29 is 9.66 Å². The summed E-state index contributed by atoms with van der Waals surface area (Å²) in [6.45, 7) is 9.77. The van der Waals surface area contributed by atoms with Crippen LogP contribution in [0.25, 0.3) is 0 Å². The second-order valence-electron chi connectivity index (χ2n) is 6.23. The fourth-order valence-electron chi connectivity index (χ4n) is 3.57. The van der Waals surface area contributed by atoms with Gasteiger partial charge in [-0.15, -0.1) is 0 Å². The highest BCUT2D eigenvalue weighted by Crippen LogP contribution is 2.30. The second kappa shape index (κ2) is 6.84. The molecule has 0 radical (unpaired) electrons. The van der Waals surface area contributed by atoms with E-state index in [1.807, 2.05) is 18.4 Å². The molecule has 0 amide bonds. The van der Waals surface area contributed by atoms with E-state index in [2.05, 4.69) is 14.8 Å². The predicted octanol–water partition coefficient (Wildman–Crippen LogP) is 1.42. The maximum Gasteiger partial charge on any atom is 0.406 e. The molecule has 2 aliphatic heterocycles. The number of piperazine rings is 1. The first-order chi connectivity index (χ1) is 11.1. The highest BCUT2D eigenvalue weighted by molar-refractivity contribution is 5.56. The van der Waals surface area contributed by atoms with Gasteiger partial charge in [0.1, 0.15) is 0 Å². The summed E-state index contributed by atoms with van der Waals surface area (Å²) >= 11 is 0. The summed E-state index contributed by atoms with van der Waals surface area (Å²) in [6, 6.07) is 0. The van der Waals surface area contributed by atoms with Gasteiger partial charge in [-0.1, -0.05) is 0 Å². The molecular formula is C15H25N5O3. The van der Waals surface area contributed by atoms with Gasteiger partial charge in [-0.2, -0.15) is 0 Å². The van der Waals surface area contributed by atoms with Crippen LogP contribution in [0.15, 0.2) is 0 Å². The zero-order chi connectivity index (χ0) is 16.4. The number of aromatic nitrogens is 2. The van der Waals surface area contributed by atoms with E-state index in [1.54, 1.807) is 0 Å². The number of anilines is 1. The third-order valence-electron chi connectivity index (χ3n) is 4.76. The number of imidazole rings is 1. The Labute approximate surface area is 136 Å². The van der Waals surface area contributed by atoms with Crippen molar-refractivity contribution >= 4 is 11.6 Å². The van der Waals surface area contributed by atoms with E-state index in [0.29, 0.717) is 24.3 Å². The van der Waals surface area contributed by atoms with Crippen LogP contribution in [0.1, 0.15) is 25.6 Å². The Bertz CT molecular complexity index is 560. The zero-order valence-electron chi connectivity index (χ0n) is 13.9. The van der Waals surface area contributed by atoms with E-state index in [-0.39, 0.29) is 10.7 Å². The van der Waals surface area contributed by atoms with Gasteiger partial charge < -0.3 is 19.8 Å². The highest BCUT2D eigenvalue weighted by atomic mass is 16.6. The summed E-state index contributed by atoms with van der Waals surface area (Å²) in [5.41, 5.74) is 0. The number of ether oxygens (including phenoxy) is 1. The maximum absolute atomic E-state index is 11.3. The molecule has 2 saturated heterocycles. The van der Waals surface area contributed by atoms with Crippen molar-refractivity contribution in [2.45, 2.75) is 39.3 Å². The zero-order valence-corrected chi connectivity index (χ0v) is 13.9. The van der Waals surface area contributed by atoms with Crippen LogP contribution in [0.4, 0.5) is 11.6 Å². The molecule has 0 N–H and O–H groups in total. The quantitative estimate of drug-likeness (QED) is 0.602. The summed E-state index contributed by atoms with van der Waals surface area (Å²) in [6.07, 6.45) is 2.67. The molecule has 2 fully saturated rings. The first-order valence-corrected chi connectivity index (χ1v) is 8.40. The van der Waals surface area contributed by atoms with E-state index in [0.717, 1.165) is 52.2 Å². The second-order valence-corrected chi connectivity index (χ2v) is 6.23. The van der Waals surface area contributed by atoms with Crippen LogP contribution in [-0.4, -0.2) is 64.8 Å². The van der Waals surface area contributed by atoms with Crippen LogP contribution in [-0.2, 0) is 11.3 Å². The molecule has 0 aromatic carbocycles. The molecule has 3 rings (SSSR count). The van der Waals surface area contributed by atoms with Crippen LogP contribution in [0, 0.1) is 17.0 Å². The van der Waals surface area contributed by atoms with Crippen molar-refractivity contribution in [3.05, 3.63) is 15.9 Å². The van der Waals surface area contributed by atoms with Crippen molar-refractivity contribution in [1.82, 2.24) is 14.5 Å². The molecule has 0 spiro atoms. The van der Waals surface area contributed by atoms with Crippen molar-refractivity contribution in [3.63, 3.8) is 0 Å². The lowest BCUT2D eigenvalue weighted by Crippen LogP contribution is -2.49. The fraction of sp³-hybridized carbons (Fsp3) is 0.800. The molecule has 1 aromatic heterocycles. The Morgan fingerprint density at radius 2 is 2.09 bits per heavy atom. The maximum atomic E-state index is 11.3. The third kappa shape index (κ3) is 3.32. The Balaban J connectivity index is 1.68. The van der Waals surface area contributed by atoms with Crippen LogP contribution < -0.4 is 4.90 Å². The van der Waals surface area contributed by atoms with Gasteiger partial charge >= 0.3 is 5.82 Å². The lowest BCUT2D eigenvalue weighted by molar-refractivity contribution is -0.388. The van der Waals surface area contributed by atoms with Gasteiger partial charge in [0.2, 0.25) is 11.6 Å². The summed E-state index contributed by atoms with van der Waals surface area (Å²) in [7, 11) is 0. The van der Waals surface area contributed by atoms with Crippen molar-refractivity contribution in [3.8, 4) is 0 Å². The van der Waals surface area contributed by atoms with Crippen LogP contribution >= 0.6 is 0 Å². The van der Waals surface area contributed by atoms with Gasteiger partial charge in [-0.05, 0) is 29.7 Å². The lowest BCUT2D eigenvalue weighted by Gasteiger charge is -2.36. The summed E-state index contributed by atoms with van der Waals surface area (Å²) < 4.78 is 7.64. The van der Waals surface area contributed by atoms with Gasteiger partial charge in [-0.25, -0.2) is 0 Å². The summed E-state index contributed by atoms with van der Waals surface area (Å²) in [4.78, 5) is 19.6. The highest BCUT2D eigenvalue weighted by Gasteiger charge is 2.31. The minimum Gasteiger partial charge on any atom is -0.377 e. The summed E-state index contributed by atoms with van der Waals surface area (Å²) in [5.74, 6) is 1.35. The third-order valence-corrected chi connectivity index (χ3v) is 4.76. The molecular weight excluding hydrogens is 298 g/mol. The normalized spacial score (nSPS) is 22.7. The Morgan fingerprint density at radius 1 is 1.35 bits per heavy atom. The predicted molar refractivity (Wildman–Crippen MR) is 86.9 cm³/mol. The Hall–Kier alpha value is -1.67. The molecule has 128 valence electrons. The number of nitro groups is 1. The molecule has 1 atom stereocenters. The first kappa shape index (κ1) is 16.2. The van der Waals surface area contributed by atoms with Crippen molar-refractivity contribution in [2.24, 2.45) is 0 Å². The number of rotatable bonds is 5. The topological polar surface area (TPSA) is 76.7 Å². The van der Waals surface area contributed by atoms with Gasteiger partial charge in [0.25, 0.3) is 0 Å². The van der Waals surface area contributed by atoms with E-state index in [9.17, 15) is 10.1 Å². The van der Waals surface area contributed by atoms with E-state index in [4.69, 9.17) is 4.74 Å². The van der Waals surface area contributed by atoms with Crippen molar-refractivity contribution in [1.29, 1.82) is 0 Å². The average Bonchev–Trinajstić information content (AvgIpc) is 3.15. The molecule has 8 heteroatoms. The molecule has 1 unspecified atom stereocenters. The SMILES string of the molecule is CCn1c(C)nc([N+](=O)[O-])c1N1CCN(CC2CCCO2)CC1. The minimum absolute atomic E-state index is 0.0167. The fourth-order valence-corrected chi connectivity index (χ4v) is 3.57. The Kier molecular flexibility index (Phi) is 4.82. The summed E-state index contributed by atoms with van der Waals surface area (Å²) in [5, 5.41) is 11.3. The lowest BCUT2D eigenvalue weighted by atomic mass is 10.2. The molecule has 8 nitrogen and oxygen atoms in total. The number of nitrogens with zero attached hydrogens (tertiary/aromatic N) is 5. The largest absolute Gasteiger partial charge is 0.406 e.